The van der Waals surface area contributed by atoms with Crippen LogP contribution >= 0.6 is 0 Å². The average molecular weight is 253 g/mol. The third kappa shape index (κ3) is 4.32. The Balaban J connectivity index is 2.77. The van der Waals surface area contributed by atoms with E-state index >= 15 is 0 Å². The van der Waals surface area contributed by atoms with Gasteiger partial charge in [0.25, 0.3) is 0 Å². The van der Waals surface area contributed by atoms with E-state index in [0.29, 0.717) is 4.90 Å². The first-order valence-electron chi connectivity index (χ1n) is 5.48. The van der Waals surface area contributed by atoms with E-state index in [4.69, 9.17) is 0 Å². The molecule has 0 amide bonds. The van der Waals surface area contributed by atoms with Crippen molar-refractivity contribution in [3.63, 3.8) is 0 Å². The second-order valence-electron chi connectivity index (χ2n) is 4.40. The Morgan fingerprint density at radius 1 is 1.35 bits per heavy atom. The lowest BCUT2D eigenvalue weighted by molar-refractivity contribution is 0.599. The molecule has 0 saturated carbocycles. The lowest BCUT2D eigenvalue weighted by Crippen LogP contribution is -2.20. The summed E-state index contributed by atoms with van der Waals surface area (Å²) in [5, 5.41) is 3.31. The molecule has 0 spiro atoms. The van der Waals surface area contributed by atoms with E-state index in [9.17, 15) is 8.42 Å². The molecule has 0 heterocycles. The van der Waals surface area contributed by atoms with E-state index in [0.717, 1.165) is 17.7 Å². The first-order chi connectivity index (χ1) is 7.80. The highest BCUT2D eigenvalue weighted by Crippen LogP contribution is 2.16. The predicted molar refractivity (Wildman–Crippen MR) is 70.8 cm³/mol. The van der Waals surface area contributed by atoms with Crippen molar-refractivity contribution in [2.45, 2.75) is 24.8 Å². The fourth-order valence-electron chi connectivity index (χ4n) is 1.45. The van der Waals surface area contributed by atoms with Gasteiger partial charge in [-0.2, -0.15) is 0 Å². The molecule has 0 bridgehead atoms. The van der Waals surface area contributed by atoms with Gasteiger partial charge in [0, 0.05) is 18.8 Å². The molecule has 4 heteroatoms. The van der Waals surface area contributed by atoms with Crippen LogP contribution in [0.2, 0.25) is 0 Å². The Morgan fingerprint density at radius 2 is 1.88 bits per heavy atom. The van der Waals surface area contributed by atoms with Crippen LogP contribution in [0.4, 0.5) is 0 Å². The monoisotopic (exact) mass is 253 g/mol. The SMILES string of the molecule is C=C(C)CNC(C)c1ccc(S(C)(=O)=O)cc1. The lowest BCUT2D eigenvalue weighted by atomic mass is 10.1. The zero-order valence-corrected chi connectivity index (χ0v) is 11.3. The number of sulfone groups is 1. The maximum absolute atomic E-state index is 11.3. The molecule has 3 nitrogen and oxygen atoms in total. The summed E-state index contributed by atoms with van der Waals surface area (Å²) in [6, 6.07) is 7.15. The molecule has 1 atom stereocenters. The molecule has 1 aromatic rings. The van der Waals surface area contributed by atoms with Crippen LogP contribution in [0.25, 0.3) is 0 Å². The van der Waals surface area contributed by atoms with Gasteiger partial charge in [-0.05, 0) is 31.5 Å². The van der Waals surface area contributed by atoms with Crippen LogP contribution in [0.5, 0.6) is 0 Å². The van der Waals surface area contributed by atoms with Gasteiger partial charge in [-0.1, -0.05) is 24.3 Å². The minimum absolute atomic E-state index is 0.181. The molecular weight excluding hydrogens is 234 g/mol. The van der Waals surface area contributed by atoms with Crippen LogP contribution in [-0.4, -0.2) is 21.2 Å². The normalized spacial score (nSPS) is 13.4. The molecule has 1 aromatic carbocycles. The number of nitrogens with one attached hydrogen (secondary N) is 1. The summed E-state index contributed by atoms with van der Waals surface area (Å²) in [4.78, 5) is 0.355. The van der Waals surface area contributed by atoms with Gasteiger partial charge < -0.3 is 5.32 Å². The van der Waals surface area contributed by atoms with E-state index < -0.39 is 9.84 Å². The summed E-state index contributed by atoms with van der Waals surface area (Å²) in [7, 11) is -3.11. The van der Waals surface area contributed by atoms with Gasteiger partial charge in [0.1, 0.15) is 0 Å². The van der Waals surface area contributed by atoms with E-state index in [2.05, 4.69) is 11.9 Å². The molecule has 0 fully saturated rings. The van der Waals surface area contributed by atoms with Gasteiger partial charge in [0.2, 0.25) is 0 Å². The second kappa shape index (κ2) is 5.47. The van der Waals surface area contributed by atoms with Crippen molar-refractivity contribution in [2.75, 3.05) is 12.8 Å². The van der Waals surface area contributed by atoms with Crippen LogP contribution in [0, 0.1) is 0 Å². The zero-order chi connectivity index (χ0) is 13.1. The van der Waals surface area contributed by atoms with E-state index in [-0.39, 0.29) is 6.04 Å². The van der Waals surface area contributed by atoms with Crippen molar-refractivity contribution >= 4 is 9.84 Å². The molecular formula is C13H19NO2S. The molecule has 0 radical (unpaired) electrons. The van der Waals surface area contributed by atoms with Gasteiger partial charge in [-0.15, -0.1) is 0 Å². The Kier molecular flexibility index (Phi) is 4.48. The largest absolute Gasteiger partial charge is 0.306 e. The fraction of sp³-hybridized carbons (Fsp3) is 0.385. The molecule has 1 N–H and O–H groups in total. The quantitative estimate of drug-likeness (QED) is 0.819. The Hall–Kier alpha value is -1.13. The third-order valence-electron chi connectivity index (χ3n) is 2.52. The summed E-state index contributed by atoms with van der Waals surface area (Å²) in [5.74, 6) is 0. The van der Waals surface area contributed by atoms with Crippen LogP contribution < -0.4 is 5.32 Å². The van der Waals surface area contributed by atoms with E-state index in [1.54, 1.807) is 12.1 Å². The summed E-state index contributed by atoms with van der Waals surface area (Å²) < 4.78 is 22.6. The standard InChI is InChI=1S/C13H19NO2S/c1-10(2)9-14-11(3)12-5-7-13(8-6-12)17(4,15)16/h5-8,11,14H,1,9H2,2-4H3. The van der Waals surface area contributed by atoms with Gasteiger partial charge in [0.15, 0.2) is 9.84 Å². The lowest BCUT2D eigenvalue weighted by Gasteiger charge is -2.14. The third-order valence-corrected chi connectivity index (χ3v) is 3.65. The Bertz CT molecular complexity index is 489. The fourth-order valence-corrected chi connectivity index (χ4v) is 2.08. The van der Waals surface area contributed by atoms with Crippen LogP contribution in [-0.2, 0) is 9.84 Å². The first kappa shape index (κ1) is 13.9. The van der Waals surface area contributed by atoms with Gasteiger partial charge in [-0.3, -0.25) is 0 Å². The van der Waals surface area contributed by atoms with E-state index in [1.807, 2.05) is 26.0 Å². The van der Waals surface area contributed by atoms with Gasteiger partial charge >= 0.3 is 0 Å². The molecule has 0 aromatic heterocycles. The molecule has 0 saturated heterocycles. The highest BCUT2D eigenvalue weighted by atomic mass is 32.2. The molecule has 0 aliphatic carbocycles. The topological polar surface area (TPSA) is 46.2 Å². The van der Waals surface area contributed by atoms with Crippen molar-refractivity contribution in [1.29, 1.82) is 0 Å². The molecule has 1 unspecified atom stereocenters. The highest BCUT2D eigenvalue weighted by Gasteiger charge is 2.08. The summed E-state index contributed by atoms with van der Waals surface area (Å²) in [6.45, 7) is 8.59. The van der Waals surface area contributed by atoms with Crippen LogP contribution in [0.15, 0.2) is 41.3 Å². The second-order valence-corrected chi connectivity index (χ2v) is 6.42. The van der Waals surface area contributed by atoms with Crippen molar-refractivity contribution in [3.05, 3.63) is 42.0 Å². The molecule has 1 rings (SSSR count). The zero-order valence-electron chi connectivity index (χ0n) is 10.5. The summed E-state index contributed by atoms with van der Waals surface area (Å²) in [5.41, 5.74) is 2.14. The summed E-state index contributed by atoms with van der Waals surface area (Å²) >= 11 is 0. The van der Waals surface area contributed by atoms with Gasteiger partial charge in [-0.25, -0.2) is 8.42 Å². The summed E-state index contributed by atoms with van der Waals surface area (Å²) in [6.07, 6.45) is 1.21. The number of rotatable bonds is 5. The molecule has 0 aliphatic heterocycles. The molecule has 0 aliphatic rings. The first-order valence-corrected chi connectivity index (χ1v) is 7.37. The van der Waals surface area contributed by atoms with Crippen molar-refractivity contribution < 1.29 is 8.42 Å². The smallest absolute Gasteiger partial charge is 0.175 e. The van der Waals surface area contributed by atoms with Crippen molar-refractivity contribution in [3.8, 4) is 0 Å². The maximum atomic E-state index is 11.3. The number of hydrogen-bond acceptors (Lipinski definition) is 3. The Morgan fingerprint density at radius 3 is 2.29 bits per heavy atom. The van der Waals surface area contributed by atoms with Crippen LogP contribution in [0.1, 0.15) is 25.5 Å². The van der Waals surface area contributed by atoms with Gasteiger partial charge in [0.05, 0.1) is 4.90 Å². The van der Waals surface area contributed by atoms with E-state index in [1.165, 1.54) is 6.26 Å². The Labute approximate surface area is 103 Å². The predicted octanol–water partition coefficient (Wildman–Crippen LogP) is 2.32. The number of benzene rings is 1. The van der Waals surface area contributed by atoms with Crippen molar-refractivity contribution in [2.24, 2.45) is 0 Å². The highest BCUT2D eigenvalue weighted by molar-refractivity contribution is 7.90. The molecule has 17 heavy (non-hydrogen) atoms. The van der Waals surface area contributed by atoms with Crippen molar-refractivity contribution in [1.82, 2.24) is 5.32 Å². The average Bonchev–Trinajstić information content (AvgIpc) is 2.25. The minimum atomic E-state index is -3.11. The van der Waals surface area contributed by atoms with Crippen LogP contribution in [0.3, 0.4) is 0 Å². The minimum Gasteiger partial charge on any atom is -0.306 e. The maximum Gasteiger partial charge on any atom is 0.175 e. The number of hydrogen-bond donors (Lipinski definition) is 1. The molecule has 94 valence electrons.